The lowest BCUT2D eigenvalue weighted by molar-refractivity contribution is 0.614. The second kappa shape index (κ2) is 4.55. The molecule has 3 nitrogen and oxygen atoms in total. The van der Waals surface area contributed by atoms with Crippen LogP contribution in [0.25, 0.3) is 10.4 Å². The molecule has 0 N–H and O–H groups in total. The molecule has 0 saturated carbocycles. The first kappa shape index (κ1) is 10.3. The number of hydrogen-bond acceptors (Lipinski definition) is 4. The highest BCUT2D eigenvalue weighted by Gasteiger charge is 2.01. The molecular formula is C10H9NO2S2. The van der Waals surface area contributed by atoms with E-state index in [1.54, 1.807) is 23.0 Å². The largest absolute Gasteiger partial charge is 0.252 e. The molecule has 15 heavy (non-hydrogen) atoms. The highest BCUT2D eigenvalue weighted by molar-refractivity contribution is 7.71. The van der Waals surface area contributed by atoms with E-state index in [2.05, 4.69) is 4.98 Å². The molecule has 5 heteroatoms. The Bertz CT molecular complexity index is 510. The molecule has 0 fully saturated rings. The Morgan fingerprint density at radius 1 is 1.33 bits per heavy atom. The van der Waals surface area contributed by atoms with E-state index in [1.807, 2.05) is 24.3 Å². The van der Waals surface area contributed by atoms with E-state index in [1.165, 1.54) is 0 Å². The summed E-state index contributed by atoms with van der Waals surface area (Å²) in [5.74, 6) is 0.0992. The van der Waals surface area contributed by atoms with E-state index in [-0.39, 0.29) is 5.75 Å². The van der Waals surface area contributed by atoms with Crippen molar-refractivity contribution in [2.75, 3.05) is 0 Å². The smallest absolute Gasteiger partial charge is 0.144 e. The zero-order chi connectivity index (χ0) is 10.7. The van der Waals surface area contributed by atoms with Gasteiger partial charge in [0, 0.05) is 6.20 Å². The zero-order valence-corrected chi connectivity index (χ0v) is 9.50. The van der Waals surface area contributed by atoms with Crippen LogP contribution in [0.2, 0.25) is 0 Å². The van der Waals surface area contributed by atoms with Crippen LogP contribution in [0.4, 0.5) is 0 Å². The number of thiol groups is 1. The first-order chi connectivity index (χ1) is 7.25. The molecule has 0 aliphatic heterocycles. The lowest BCUT2D eigenvalue weighted by Gasteiger charge is -1.99. The number of nitrogens with zero attached hydrogens (tertiary/aromatic N) is 1. The fraction of sp³-hybridized carbons (Fsp3) is 0.100. The van der Waals surface area contributed by atoms with Crippen molar-refractivity contribution in [3.63, 3.8) is 0 Å². The molecule has 2 aromatic rings. The number of benzene rings is 1. The van der Waals surface area contributed by atoms with Crippen LogP contribution in [0.5, 0.6) is 0 Å². The molecule has 0 atom stereocenters. The van der Waals surface area contributed by atoms with E-state index in [0.29, 0.717) is 0 Å². The summed E-state index contributed by atoms with van der Waals surface area (Å²) in [4.78, 5) is 5.04. The van der Waals surface area contributed by atoms with Crippen LogP contribution >= 0.6 is 11.3 Å². The summed E-state index contributed by atoms with van der Waals surface area (Å²) >= 11 is 1.54. The summed E-state index contributed by atoms with van der Waals surface area (Å²) in [5, 5.41) is 0. The van der Waals surface area contributed by atoms with E-state index in [4.69, 9.17) is 0 Å². The van der Waals surface area contributed by atoms with Crippen molar-refractivity contribution >= 4 is 22.0 Å². The number of rotatable bonds is 3. The standard InChI is InChI=1S/C10H9NO2S2/c12-15(13)6-8-2-1-3-9(4-8)10-5-11-7-14-10/h1-5,7,15H,6H2. The molecule has 0 saturated heterocycles. The van der Waals surface area contributed by atoms with Crippen molar-refractivity contribution in [3.8, 4) is 10.4 Å². The van der Waals surface area contributed by atoms with Gasteiger partial charge in [0.2, 0.25) is 0 Å². The maximum absolute atomic E-state index is 10.6. The average molecular weight is 239 g/mol. The van der Waals surface area contributed by atoms with Crippen molar-refractivity contribution in [1.29, 1.82) is 0 Å². The first-order valence-electron chi connectivity index (χ1n) is 4.35. The summed E-state index contributed by atoms with van der Waals surface area (Å²) in [6, 6.07) is 7.52. The Morgan fingerprint density at radius 2 is 2.20 bits per heavy atom. The Morgan fingerprint density at radius 3 is 2.87 bits per heavy atom. The molecule has 1 heterocycles. The summed E-state index contributed by atoms with van der Waals surface area (Å²) in [7, 11) is -2.36. The second-order valence-electron chi connectivity index (χ2n) is 3.06. The molecule has 78 valence electrons. The van der Waals surface area contributed by atoms with E-state index >= 15 is 0 Å². The number of aromatic nitrogens is 1. The van der Waals surface area contributed by atoms with Crippen LogP contribution in [0, 0.1) is 0 Å². The second-order valence-corrected chi connectivity index (χ2v) is 4.92. The molecule has 0 amide bonds. The first-order valence-corrected chi connectivity index (χ1v) is 6.59. The van der Waals surface area contributed by atoms with E-state index in [0.717, 1.165) is 16.0 Å². The van der Waals surface area contributed by atoms with Crippen LogP contribution in [0.15, 0.2) is 36.0 Å². The Labute approximate surface area is 93.4 Å². The molecule has 0 bridgehead atoms. The van der Waals surface area contributed by atoms with Gasteiger partial charge in [-0.15, -0.1) is 11.3 Å². The van der Waals surface area contributed by atoms with Crippen LogP contribution in [0.3, 0.4) is 0 Å². The maximum atomic E-state index is 10.6. The lowest BCUT2D eigenvalue weighted by Crippen LogP contribution is -1.86. The molecule has 0 radical (unpaired) electrons. The molecule has 0 spiro atoms. The third-order valence-electron chi connectivity index (χ3n) is 1.96. The molecule has 0 unspecified atom stereocenters. The van der Waals surface area contributed by atoms with E-state index < -0.39 is 10.7 Å². The van der Waals surface area contributed by atoms with E-state index in [9.17, 15) is 8.42 Å². The fourth-order valence-corrected chi connectivity index (χ4v) is 2.45. The predicted octanol–water partition coefficient (Wildman–Crippen LogP) is 1.92. The Kier molecular flexibility index (Phi) is 3.13. The monoisotopic (exact) mass is 239 g/mol. The topological polar surface area (TPSA) is 47.0 Å². The highest BCUT2D eigenvalue weighted by Crippen LogP contribution is 2.23. The molecule has 0 aliphatic rings. The summed E-state index contributed by atoms with van der Waals surface area (Å²) < 4.78 is 21.2. The highest BCUT2D eigenvalue weighted by atomic mass is 32.2. The Hall–Kier alpha value is -1.20. The van der Waals surface area contributed by atoms with Crippen molar-refractivity contribution in [2.45, 2.75) is 5.75 Å². The number of hydrogen-bond donors (Lipinski definition) is 1. The summed E-state index contributed by atoms with van der Waals surface area (Å²) in [6.07, 6.45) is 1.78. The van der Waals surface area contributed by atoms with Gasteiger partial charge in [-0.25, -0.2) is 8.42 Å². The van der Waals surface area contributed by atoms with Gasteiger partial charge in [-0.2, -0.15) is 0 Å². The lowest BCUT2D eigenvalue weighted by atomic mass is 10.1. The Balaban J connectivity index is 2.35. The molecule has 1 aromatic carbocycles. The third-order valence-corrected chi connectivity index (χ3v) is 3.40. The number of thiazole rings is 1. The SMILES string of the molecule is O=[SH](=O)Cc1cccc(-c2cncs2)c1. The van der Waals surface area contributed by atoms with Gasteiger partial charge in [0.05, 0.1) is 16.1 Å². The predicted molar refractivity (Wildman–Crippen MR) is 61.6 cm³/mol. The van der Waals surface area contributed by atoms with Gasteiger partial charge in [-0.05, 0) is 17.2 Å². The molecule has 0 aliphatic carbocycles. The van der Waals surface area contributed by atoms with Gasteiger partial charge < -0.3 is 0 Å². The average Bonchev–Trinajstić information content (AvgIpc) is 2.69. The van der Waals surface area contributed by atoms with Crippen molar-refractivity contribution in [1.82, 2.24) is 4.98 Å². The maximum Gasteiger partial charge on any atom is 0.144 e. The minimum atomic E-state index is -2.36. The van der Waals surface area contributed by atoms with Crippen LogP contribution in [-0.2, 0) is 16.5 Å². The van der Waals surface area contributed by atoms with Crippen molar-refractivity contribution in [3.05, 3.63) is 41.5 Å². The van der Waals surface area contributed by atoms with Gasteiger partial charge in [-0.3, -0.25) is 4.98 Å². The van der Waals surface area contributed by atoms with Gasteiger partial charge in [0.25, 0.3) is 0 Å². The fourth-order valence-electron chi connectivity index (χ4n) is 1.33. The summed E-state index contributed by atoms with van der Waals surface area (Å²) in [5.41, 5.74) is 3.60. The van der Waals surface area contributed by atoms with Crippen LogP contribution in [0.1, 0.15) is 5.56 Å². The quantitative estimate of drug-likeness (QED) is 0.832. The van der Waals surface area contributed by atoms with Crippen molar-refractivity contribution in [2.24, 2.45) is 0 Å². The molecule has 1 aromatic heterocycles. The zero-order valence-electron chi connectivity index (χ0n) is 7.79. The minimum Gasteiger partial charge on any atom is -0.252 e. The van der Waals surface area contributed by atoms with Crippen LogP contribution in [-0.4, -0.2) is 13.4 Å². The third kappa shape index (κ3) is 2.64. The molecule has 2 rings (SSSR count). The normalized spacial score (nSPS) is 10.7. The van der Waals surface area contributed by atoms with Crippen LogP contribution < -0.4 is 0 Å². The summed E-state index contributed by atoms with van der Waals surface area (Å²) in [6.45, 7) is 0. The van der Waals surface area contributed by atoms with Gasteiger partial charge >= 0.3 is 0 Å². The van der Waals surface area contributed by atoms with Gasteiger partial charge in [0.15, 0.2) is 0 Å². The van der Waals surface area contributed by atoms with Gasteiger partial charge in [0.1, 0.15) is 10.7 Å². The van der Waals surface area contributed by atoms with Gasteiger partial charge in [-0.1, -0.05) is 18.2 Å². The minimum absolute atomic E-state index is 0.0992. The van der Waals surface area contributed by atoms with Crippen molar-refractivity contribution < 1.29 is 8.42 Å². The molecular weight excluding hydrogens is 230 g/mol.